The van der Waals surface area contributed by atoms with Crippen molar-refractivity contribution in [2.75, 3.05) is 5.73 Å². The van der Waals surface area contributed by atoms with Crippen LogP contribution in [0.2, 0.25) is 0 Å². The van der Waals surface area contributed by atoms with E-state index in [0.29, 0.717) is 5.92 Å². The van der Waals surface area contributed by atoms with Gasteiger partial charge >= 0.3 is 6.36 Å². The Kier molecular flexibility index (Phi) is 5.46. The lowest BCUT2D eigenvalue weighted by molar-refractivity contribution is -0.274. The van der Waals surface area contributed by atoms with E-state index in [1.165, 1.54) is 12.1 Å². The third-order valence-electron chi connectivity index (χ3n) is 2.70. The Morgan fingerprint density at radius 3 is 2.43 bits per heavy atom. The van der Waals surface area contributed by atoms with Gasteiger partial charge in [-0.3, -0.25) is 4.79 Å². The number of nitrogens with one attached hydrogen (secondary N) is 1. The molecule has 1 amide bonds. The number of nitrogens with two attached hydrogens (primary N) is 1. The van der Waals surface area contributed by atoms with E-state index >= 15 is 0 Å². The van der Waals surface area contributed by atoms with Crippen LogP contribution in [-0.4, -0.2) is 18.3 Å². The summed E-state index contributed by atoms with van der Waals surface area (Å²) in [4.78, 5) is 12.0. The number of amides is 1. The molecule has 1 rings (SSSR count). The summed E-state index contributed by atoms with van der Waals surface area (Å²) in [6.45, 7) is 5.93. The van der Waals surface area contributed by atoms with Crippen LogP contribution in [0.1, 0.15) is 37.6 Å². The van der Waals surface area contributed by atoms with Crippen molar-refractivity contribution >= 4 is 11.6 Å². The van der Waals surface area contributed by atoms with E-state index in [4.69, 9.17) is 5.73 Å². The van der Waals surface area contributed by atoms with Crippen molar-refractivity contribution in [1.82, 2.24) is 5.32 Å². The van der Waals surface area contributed by atoms with Gasteiger partial charge in [0.05, 0.1) is 5.69 Å². The molecule has 0 aliphatic carbocycles. The largest absolute Gasteiger partial charge is 0.573 e. The topological polar surface area (TPSA) is 64.3 Å². The highest BCUT2D eigenvalue weighted by atomic mass is 19.4. The van der Waals surface area contributed by atoms with Crippen LogP contribution in [0.5, 0.6) is 5.75 Å². The maximum absolute atomic E-state index is 12.1. The molecule has 1 aromatic rings. The summed E-state index contributed by atoms with van der Waals surface area (Å²) in [5.41, 5.74) is 5.43. The lowest BCUT2D eigenvalue weighted by atomic mass is 10.0. The number of rotatable bonds is 5. The van der Waals surface area contributed by atoms with Crippen molar-refractivity contribution in [2.24, 2.45) is 5.92 Å². The molecule has 0 fully saturated rings. The third-order valence-corrected chi connectivity index (χ3v) is 2.70. The average Bonchev–Trinajstić information content (AvgIpc) is 2.28. The fraction of sp³-hybridized carbons (Fsp3) is 0.500. The van der Waals surface area contributed by atoms with Gasteiger partial charge in [-0.15, -0.1) is 13.2 Å². The van der Waals surface area contributed by atoms with Gasteiger partial charge in [-0.25, -0.2) is 0 Å². The Bertz CT molecular complexity index is 501. The van der Waals surface area contributed by atoms with E-state index in [-0.39, 0.29) is 23.2 Å². The Morgan fingerprint density at radius 1 is 1.33 bits per heavy atom. The molecule has 0 spiro atoms. The molecule has 1 unspecified atom stereocenters. The second kappa shape index (κ2) is 6.69. The summed E-state index contributed by atoms with van der Waals surface area (Å²) < 4.78 is 40.1. The van der Waals surface area contributed by atoms with Gasteiger partial charge in [0, 0.05) is 11.6 Å². The summed E-state index contributed by atoms with van der Waals surface area (Å²) in [5, 5.41) is 2.76. The number of nitrogen functional groups attached to an aromatic ring is 1. The molecule has 1 aromatic carbocycles. The SMILES string of the molecule is CC(C)CC(C)NC(=O)c1ccc(OC(F)(F)F)c(N)c1. The van der Waals surface area contributed by atoms with Gasteiger partial charge < -0.3 is 15.8 Å². The highest BCUT2D eigenvalue weighted by Gasteiger charge is 2.32. The molecule has 3 N–H and O–H groups in total. The maximum Gasteiger partial charge on any atom is 0.573 e. The zero-order chi connectivity index (χ0) is 16.2. The molecule has 21 heavy (non-hydrogen) atoms. The molecule has 0 radical (unpaired) electrons. The minimum absolute atomic E-state index is 0.0372. The zero-order valence-corrected chi connectivity index (χ0v) is 12.1. The van der Waals surface area contributed by atoms with Crippen molar-refractivity contribution in [3.63, 3.8) is 0 Å². The summed E-state index contributed by atoms with van der Waals surface area (Å²) in [7, 11) is 0. The standard InChI is InChI=1S/C14H19F3N2O2/c1-8(2)6-9(3)19-13(20)10-4-5-12(11(18)7-10)21-14(15,16)17/h4-5,7-9H,6,18H2,1-3H3,(H,19,20). The van der Waals surface area contributed by atoms with Crippen molar-refractivity contribution in [3.05, 3.63) is 23.8 Å². The first-order chi connectivity index (χ1) is 9.58. The van der Waals surface area contributed by atoms with Crippen LogP contribution >= 0.6 is 0 Å². The summed E-state index contributed by atoms with van der Waals surface area (Å²) in [5.74, 6) is -0.476. The van der Waals surface area contributed by atoms with Crippen molar-refractivity contribution in [1.29, 1.82) is 0 Å². The summed E-state index contributed by atoms with van der Waals surface area (Å²) in [6.07, 6.45) is -4.01. The first-order valence-corrected chi connectivity index (χ1v) is 6.54. The number of anilines is 1. The zero-order valence-electron chi connectivity index (χ0n) is 12.1. The van der Waals surface area contributed by atoms with Crippen LogP contribution in [0.3, 0.4) is 0 Å². The number of halogens is 3. The van der Waals surface area contributed by atoms with E-state index in [2.05, 4.69) is 10.1 Å². The van der Waals surface area contributed by atoms with Crippen LogP contribution < -0.4 is 15.8 Å². The number of ether oxygens (including phenoxy) is 1. The fourth-order valence-electron chi connectivity index (χ4n) is 1.98. The second-order valence-electron chi connectivity index (χ2n) is 5.30. The first kappa shape index (κ1) is 17.1. The van der Waals surface area contributed by atoms with Gasteiger partial charge in [-0.05, 0) is 37.5 Å². The van der Waals surface area contributed by atoms with Crippen LogP contribution in [-0.2, 0) is 0 Å². The third kappa shape index (κ3) is 5.93. The molecule has 0 aliphatic rings. The number of hydrogen-bond acceptors (Lipinski definition) is 3. The minimum Gasteiger partial charge on any atom is -0.404 e. The van der Waals surface area contributed by atoms with Crippen LogP contribution in [0.25, 0.3) is 0 Å². The molecule has 0 saturated carbocycles. The molecular formula is C14H19F3N2O2. The molecule has 0 aliphatic heterocycles. The summed E-state index contributed by atoms with van der Waals surface area (Å²) >= 11 is 0. The number of alkyl halides is 3. The van der Waals surface area contributed by atoms with Crippen molar-refractivity contribution in [3.8, 4) is 5.75 Å². The Labute approximate surface area is 121 Å². The van der Waals surface area contributed by atoms with Gasteiger partial charge in [-0.2, -0.15) is 0 Å². The number of carbonyl (C=O) groups excluding carboxylic acids is 1. The highest BCUT2D eigenvalue weighted by Crippen LogP contribution is 2.28. The fourth-order valence-corrected chi connectivity index (χ4v) is 1.98. The molecule has 118 valence electrons. The number of hydrogen-bond donors (Lipinski definition) is 2. The van der Waals surface area contributed by atoms with Crippen LogP contribution in [0, 0.1) is 5.92 Å². The van der Waals surface area contributed by atoms with Crippen molar-refractivity contribution in [2.45, 2.75) is 39.6 Å². The Balaban J connectivity index is 2.77. The minimum atomic E-state index is -4.82. The Morgan fingerprint density at radius 2 is 1.95 bits per heavy atom. The quantitative estimate of drug-likeness (QED) is 0.820. The highest BCUT2D eigenvalue weighted by molar-refractivity contribution is 5.95. The predicted octanol–water partition coefficient (Wildman–Crippen LogP) is 3.33. The van der Waals surface area contributed by atoms with Crippen LogP contribution in [0.15, 0.2) is 18.2 Å². The normalized spacial score (nSPS) is 13.1. The van der Waals surface area contributed by atoms with E-state index in [0.717, 1.165) is 12.5 Å². The average molecular weight is 304 g/mol. The number of carbonyl (C=O) groups is 1. The lowest BCUT2D eigenvalue weighted by Crippen LogP contribution is -2.33. The van der Waals surface area contributed by atoms with E-state index < -0.39 is 12.1 Å². The Hall–Kier alpha value is -1.92. The summed E-state index contributed by atoms with van der Waals surface area (Å²) in [6, 6.07) is 3.41. The molecule has 0 bridgehead atoms. The first-order valence-electron chi connectivity index (χ1n) is 6.54. The van der Waals surface area contributed by atoms with Gasteiger partial charge in [0.25, 0.3) is 5.91 Å². The molecule has 0 aromatic heterocycles. The number of benzene rings is 1. The van der Waals surface area contributed by atoms with Gasteiger partial charge in [-0.1, -0.05) is 13.8 Å². The second-order valence-corrected chi connectivity index (χ2v) is 5.30. The molecule has 0 saturated heterocycles. The molecule has 1 atom stereocenters. The molecule has 7 heteroatoms. The van der Waals surface area contributed by atoms with Gasteiger partial charge in [0.15, 0.2) is 5.75 Å². The van der Waals surface area contributed by atoms with E-state index in [1.54, 1.807) is 0 Å². The van der Waals surface area contributed by atoms with Gasteiger partial charge in [0.2, 0.25) is 0 Å². The molecule has 4 nitrogen and oxygen atoms in total. The maximum atomic E-state index is 12.1. The smallest absolute Gasteiger partial charge is 0.404 e. The van der Waals surface area contributed by atoms with E-state index in [9.17, 15) is 18.0 Å². The lowest BCUT2D eigenvalue weighted by Gasteiger charge is -2.16. The van der Waals surface area contributed by atoms with E-state index in [1.807, 2.05) is 20.8 Å². The molecular weight excluding hydrogens is 285 g/mol. The molecule has 0 heterocycles. The predicted molar refractivity (Wildman–Crippen MR) is 73.9 cm³/mol. The monoisotopic (exact) mass is 304 g/mol. The van der Waals surface area contributed by atoms with Crippen molar-refractivity contribution < 1.29 is 22.7 Å². The van der Waals surface area contributed by atoms with Crippen LogP contribution in [0.4, 0.5) is 18.9 Å². The van der Waals surface area contributed by atoms with Gasteiger partial charge in [0.1, 0.15) is 0 Å².